The average Bonchev–Trinajstić information content (AvgIpc) is 2.69. The van der Waals surface area contributed by atoms with E-state index in [1.165, 1.54) is 20.3 Å². The van der Waals surface area contributed by atoms with E-state index in [1.54, 1.807) is 12.1 Å². The summed E-state index contributed by atoms with van der Waals surface area (Å²) in [6, 6.07) is 12.2. The Morgan fingerprint density at radius 3 is 2.30 bits per heavy atom. The van der Waals surface area contributed by atoms with Crippen LogP contribution in [-0.2, 0) is 4.79 Å². The largest absolute Gasteiger partial charge is 0.493 e. The number of benzene rings is 2. The summed E-state index contributed by atoms with van der Waals surface area (Å²) in [7, 11) is 2.99. The van der Waals surface area contributed by atoms with Crippen LogP contribution < -0.4 is 25.1 Å². The molecule has 2 aromatic carbocycles. The Labute approximate surface area is 158 Å². The molecule has 0 aliphatic rings. The summed E-state index contributed by atoms with van der Waals surface area (Å²) in [4.78, 5) is 24.1. The topological polar surface area (TPSA) is 85.9 Å². The van der Waals surface area contributed by atoms with Crippen molar-refractivity contribution in [1.82, 2.24) is 10.9 Å². The fraction of sp³-hybridized carbons (Fsp3) is 0.300. The van der Waals surface area contributed by atoms with Gasteiger partial charge in [0.15, 0.2) is 18.1 Å². The first-order valence-electron chi connectivity index (χ1n) is 8.49. The van der Waals surface area contributed by atoms with Crippen LogP contribution >= 0.6 is 0 Å². The highest BCUT2D eigenvalue weighted by atomic mass is 16.5. The van der Waals surface area contributed by atoms with E-state index in [0.717, 1.165) is 5.56 Å². The van der Waals surface area contributed by atoms with E-state index >= 15 is 0 Å². The summed E-state index contributed by atoms with van der Waals surface area (Å²) in [6.07, 6.45) is 0. The maximum atomic E-state index is 12.2. The molecule has 0 spiro atoms. The second-order valence-corrected chi connectivity index (χ2v) is 6.05. The molecule has 144 valence electrons. The van der Waals surface area contributed by atoms with E-state index in [1.807, 2.05) is 38.1 Å². The number of hydrogen-bond acceptors (Lipinski definition) is 5. The normalized spacial score (nSPS) is 10.3. The number of ether oxygens (including phenoxy) is 3. The zero-order valence-corrected chi connectivity index (χ0v) is 15.9. The molecular formula is C20H24N2O5. The third-order valence-corrected chi connectivity index (χ3v) is 3.86. The number of hydrazine groups is 1. The van der Waals surface area contributed by atoms with Crippen molar-refractivity contribution >= 4 is 11.8 Å². The monoisotopic (exact) mass is 372 g/mol. The Balaban J connectivity index is 1.89. The highest BCUT2D eigenvalue weighted by Gasteiger charge is 2.13. The quantitative estimate of drug-likeness (QED) is 0.730. The number of hydrogen-bond donors (Lipinski definition) is 2. The molecule has 2 amide bonds. The molecule has 0 heterocycles. The van der Waals surface area contributed by atoms with E-state index in [2.05, 4.69) is 10.9 Å². The van der Waals surface area contributed by atoms with Crippen LogP contribution in [-0.4, -0.2) is 32.6 Å². The second-order valence-electron chi connectivity index (χ2n) is 6.05. The van der Waals surface area contributed by atoms with Crippen LogP contribution in [0.1, 0.15) is 35.7 Å². The van der Waals surface area contributed by atoms with E-state index in [0.29, 0.717) is 22.8 Å². The summed E-state index contributed by atoms with van der Waals surface area (Å²) in [5.74, 6) is 0.901. The number of rotatable bonds is 7. The molecule has 0 saturated carbocycles. The summed E-state index contributed by atoms with van der Waals surface area (Å²) < 4.78 is 15.8. The van der Waals surface area contributed by atoms with E-state index in [-0.39, 0.29) is 12.5 Å². The molecular weight excluding hydrogens is 348 g/mol. The van der Waals surface area contributed by atoms with Gasteiger partial charge in [-0.1, -0.05) is 32.0 Å². The molecule has 0 aromatic heterocycles. The Kier molecular flexibility index (Phi) is 7.05. The first-order valence-corrected chi connectivity index (χ1v) is 8.49. The van der Waals surface area contributed by atoms with E-state index < -0.39 is 11.8 Å². The zero-order chi connectivity index (χ0) is 19.8. The highest BCUT2D eigenvalue weighted by molar-refractivity contribution is 5.96. The van der Waals surface area contributed by atoms with Crippen molar-refractivity contribution in [2.75, 3.05) is 20.8 Å². The Bertz CT molecular complexity index is 805. The minimum Gasteiger partial charge on any atom is -0.493 e. The van der Waals surface area contributed by atoms with Crippen molar-refractivity contribution in [1.29, 1.82) is 0 Å². The Morgan fingerprint density at radius 1 is 0.926 bits per heavy atom. The smallest absolute Gasteiger partial charge is 0.276 e. The maximum Gasteiger partial charge on any atom is 0.276 e. The molecule has 0 aliphatic heterocycles. The average molecular weight is 372 g/mol. The molecule has 2 N–H and O–H groups in total. The lowest BCUT2D eigenvalue weighted by molar-refractivity contribution is -0.123. The van der Waals surface area contributed by atoms with Crippen molar-refractivity contribution in [3.8, 4) is 17.2 Å². The number of nitrogens with one attached hydrogen (secondary N) is 2. The van der Waals surface area contributed by atoms with Crippen LogP contribution in [0.15, 0.2) is 42.5 Å². The Morgan fingerprint density at radius 2 is 1.63 bits per heavy atom. The van der Waals surface area contributed by atoms with Gasteiger partial charge >= 0.3 is 0 Å². The van der Waals surface area contributed by atoms with Crippen LogP contribution in [0.2, 0.25) is 0 Å². The van der Waals surface area contributed by atoms with Gasteiger partial charge in [-0.15, -0.1) is 0 Å². The number of para-hydroxylation sites is 1. The standard InChI is InChI=1S/C20H24N2O5/c1-13(2)15-7-5-6-8-16(15)27-12-19(23)21-22-20(24)14-9-10-17(25-3)18(11-14)26-4/h5-11,13H,12H2,1-4H3,(H,21,23)(H,22,24). The lowest BCUT2D eigenvalue weighted by atomic mass is 10.0. The SMILES string of the molecule is COc1ccc(C(=O)NNC(=O)COc2ccccc2C(C)C)cc1OC. The molecule has 2 aromatic rings. The van der Waals surface area contributed by atoms with Crippen molar-refractivity contribution < 1.29 is 23.8 Å². The van der Waals surface area contributed by atoms with Gasteiger partial charge in [0, 0.05) is 5.56 Å². The second kappa shape index (κ2) is 9.47. The molecule has 7 heteroatoms. The molecule has 7 nitrogen and oxygen atoms in total. The van der Waals surface area contributed by atoms with Gasteiger partial charge in [0.05, 0.1) is 14.2 Å². The van der Waals surface area contributed by atoms with Gasteiger partial charge < -0.3 is 14.2 Å². The number of methoxy groups -OCH3 is 2. The molecule has 0 bridgehead atoms. The number of carbonyl (C=O) groups excluding carboxylic acids is 2. The molecule has 0 saturated heterocycles. The van der Waals surface area contributed by atoms with Crippen molar-refractivity contribution in [3.05, 3.63) is 53.6 Å². The minimum absolute atomic E-state index is 0.212. The van der Waals surface area contributed by atoms with Crippen LogP contribution in [0.25, 0.3) is 0 Å². The summed E-state index contributed by atoms with van der Waals surface area (Å²) in [6.45, 7) is 3.88. The van der Waals surface area contributed by atoms with Gasteiger partial charge in [-0.25, -0.2) is 0 Å². The molecule has 0 radical (unpaired) electrons. The summed E-state index contributed by atoms with van der Waals surface area (Å²) in [5.41, 5.74) is 6.01. The molecule has 0 unspecified atom stereocenters. The summed E-state index contributed by atoms with van der Waals surface area (Å²) >= 11 is 0. The maximum absolute atomic E-state index is 12.2. The highest BCUT2D eigenvalue weighted by Crippen LogP contribution is 2.27. The first kappa shape index (κ1) is 20.1. The van der Waals surface area contributed by atoms with Gasteiger partial charge in [-0.05, 0) is 35.7 Å². The number of amides is 2. The lowest BCUT2D eigenvalue weighted by Gasteiger charge is -2.14. The predicted octanol–water partition coefficient (Wildman–Crippen LogP) is 2.67. The third kappa shape index (κ3) is 5.37. The summed E-state index contributed by atoms with van der Waals surface area (Å²) in [5, 5.41) is 0. The molecule has 0 atom stereocenters. The first-order chi connectivity index (χ1) is 13.0. The van der Waals surface area contributed by atoms with Crippen molar-refractivity contribution in [2.45, 2.75) is 19.8 Å². The zero-order valence-electron chi connectivity index (χ0n) is 15.9. The van der Waals surface area contributed by atoms with Crippen LogP contribution in [0.3, 0.4) is 0 Å². The third-order valence-electron chi connectivity index (χ3n) is 3.86. The van der Waals surface area contributed by atoms with Gasteiger partial charge in [0.25, 0.3) is 11.8 Å². The molecule has 0 fully saturated rings. The molecule has 0 aliphatic carbocycles. The van der Waals surface area contributed by atoms with Crippen LogP contribution in [0.5, 0.6) is 17.2 Å². The van der Waals surface area contributed by atoms with Gasteiger partial charge in [-0.3, -0.25) is 20.4 Å². The van der Waals surface area contributed by atoms with Crippen molar-refractivity contribution in [2.24, 2.45) is 0 Å². The fourth-order valence-electron chi connectivity index (χ4n) is 2.44. The fourth-order valence-corrected chi connectivity index (χ4v) is 2.44. The molecule has 27 heavy (non-hydrogen) atoms. The number of carbonyl (C=O) groups is 2. The van der Waals surface area contributed by atoms with Gasteiger partial charge in [0.1, 0.15) is 5.75 Å². The Hall–Kier alpha value is -3.22. The van der Waals surface area contributed by atoms with Crippen LogP contribution in [0.4, 0.5) is 0 Å². The van der Waals surface area contributed by atoms with Gasteiger partial charge in [-0.2, -0.15) is 0 Å². The lowest BCUT2D eigenvalue weighted by Crippen LogP contribution is -2.43. The minimum atomic E-state index is -0.480. The van der Waals surface area contributed by atoms with Crippen molar-refractivity contribution in [3.63, 3.8) is 0 Å². The molecule has 2 rings (SSSR count). The predicted molar refractivity (Wildman–Crippen MR) is 101 cm³/mol. The van der Waals surface area contributed by atoms with E-state index in [9.17, 15) is 9.59 Å². The van der Waals surface area contributed by atoms with Crippen LogP contribution in [0, 0.1) is 0 Å². The van der Waals surface area contributed by atoms with Gasteiger partial charge in [0.2, 0.25) is 0 Å². The van der Waals surface area contributed by atoms with E-state index in [4.69, 9.17) is 14.2 Å².